The standard InChI is InChI=1S/C36H45FO3.C33H49BO3/c1-6-36(7-2,30-14-13-27(25(3)21-30)17-20-35(39)18-9-8-10-19-35)31-15-16-32(26(4)22-31)28-11-12-29(33(37)23-28)24-34(38)40-5;1-9-33(10-2,27-15-14-26(24(3)22-27)18-21-32(35)19-12-11-13-20-32)28-16-17-29(25(4)23-28)34-36-30(5,6)31(7,8)37-34/h11-16,21-23,39H,6-10,17-20,24H2,1-5H3;14-17,22-23,35H,9-13,18-21H2,1-8H3. The summed E-state index contributed by atoms with van der Waals surface area (Å²) in [5.74, 6) is -0.846. The van der Waals surface area contributed by atoms with Crippen molar-refractivity contribution >= 4 is 18.6 Å². The molecule has 0 atom stereocenters. The highest BCUT2D eigenvalue weighted by Crippen LogP contribution is 2.44. The molecule has 0 spiro atoms. The smallest absolute Gasteiger partial charge is 0.469 e. The molecule has 0 amide bonds. The van der Waals surface area contributed by atoms with Crippen molar-refractivity contribution in [2.24, 2.45) is 0 Å². The van der Waals surface area contributed by atoms with Crippen molar-refractivity contribution in [2.75, 3.05) is 7.11 Å². The van der Waals surface area contributed by atoms with Crippen LogP contribution in [-0.2, 0) is 48.9 Å². The molecule has 8 rings (SSSR count). The molecular weight excluding hydrogens is 955 g/mol. The maximum absolute atomic E-state index is 14.8. The number of rotatable bonds is 18. The molecular formula is C69H94BFO6. The molecule has 0 unspecified atom stereocenters. The summed E-state index contributed by atoms with van der Waals surface area (Å²) in [5, 5.41) is 22.0. The second-order valence-electron chi connectivity index (χ2n) is 24.7. The van der Waals surface area contributed by atoms with Crippen molar-refractivity contribution in [1.82, 2.24) is 0 Å². The van der Waals surface area contributed by atoms with E-state index in [9.17, 15) is 19.4 Å². The van der Waals surface area contributed by atoms with Crippen LogP contribution in [0, 0.1) is 33.5 Å². The second kappa shape index (κ2) is 24.8. The number of methoxy groups -OCH3 is 1. The van der Waals surface area contributed by atoms with E-state index < -0.39 is 23.0 Å². The molecule has 1 aliphatic heterocycles. The van der Waals surface area contributed by atoms with Gasteiger partial charge < -0.3 is 24.3 Å². The lowest BCUT2D eigenvalue weighted by Crippen LogP contribution is -2.41. The third-order valence-electron chi connectivity index (χ3n) is 19.5. The van der Waals surface area contributed by atoms with Gasteiger partial charge in [-0.15, -0.1) is 0 Å². The number of carbonyl (C=O) groups is 1. The molecule has 2 aliphatic carbocycles. The molecule has 5 aromatic carbocycles. The van der Waals surface area contributed by atoms with Crippen LogP contribution in [0.3, 0.4) is 0 Å². The van der Waals surface area contributed by atoms with E-state index in [-0.39, 0.29) is 35.6 Å². The number of aliphatic hydroxyl groups is 2. The van der Waals surface area contributed by atoms with Crippen molar-refractivity contribution in [3.8, 4) is 11.1 Å². The van der Waals surface area contributed by atoms with Crippen LogP contribution in [0.4, 0.5) is 4.39 Å². The van der Waals surface area contributed by atoms with Gasteiger partial charge in [-0.2, -0.15) is 0 Å². The number of ether oxygens (including phenoxy) is 1. The highest BCUT2D eigenvalue weighted by molar-refractivity contribution is 6.62. The summed E-state index contributed by atoms with van der Waals surface area (Å²) in [6.45, 7) is 26.3. The minimum atomic E-state index is -0.496. The van der Waals surface area contributed by atoms with Crippen LogP contribution in [0.1, 0.15) is 219 Å². The molecule has 8 heteroatoms. The summed E-state index contributed by atoms with van der Waals surface area (Å²) in [7, 11) is 0.975. The van der Waals surface area contributed by atoms with Gasteiger partial charge in [0.1, 0.15) is 5.82 Å². The van der Waals surface area contributed by atoms with E-state index >= 15 is 0 Å². The number of esters is 1. The van der Waals surface area contributed by atoms with E-state index in [4.69, 9.17) is 9.31 Å². The molecule has 1 saturated heterocycles. The van der Waals surface area contributed by atoms with Gasteiger partial charge in [-0.05, 0) is 211 Å². The molecule has 2 saturated carbocycles. The first-order valence-electron chi connectivity index (χ1n) is 29.6. The van der Waals surface area contributed by atoms with Crippen LogP contribution >= 0.6 is 0 Å². The summed E-state index contributed by atoms with van der Waals surface area (Å²) in [5.41, 5.74) is 14.4. The van der Waals surface area contributed by atoms with Crippen LogP contribution in [0.5, 0.6) is 0 Å². The number of hydrogen-bond acceptors (Lipinski definition) is 6. The third kappa shape index (κ3) is 13.2. The third-order valence-corrected chi connectivity index (χ3v) is 19.5. The molecule has 0 bridgehead atoms. The lowest BCUT2D eigenvalue weighted by molar-refractivity contribution is -0.139. The zero-order valence-corrected chi connectivity index (χ0v) is 49.6. The SMILES string of the molecule is CCC(CC)(c1ccc(CCC2(O)CCCCC2)c(C)c1)c1ccc(-c2ccc(CC(=O)OC)c(F)c2)c(C)c1.CCC(CC)(c1ccc(CCC2(O)CCCCC2)c(C)c1)c1ccc(B2OC(C)(C)C(C)(C)O2)c(C)c1. The van der Waals surface area contributed by atoms with Gasteiger partial charge in [-0.3, -0.25) is 4.79 Å². The van der Waals surface area contributed by atoms with Crippen LogP contribution in [0.15, 0.2) is 91.0 Å². The van der Waals surface area contributed by atoms with E-state index in [2.05, 4.69) is 161 Å². The fraction of sp³-hybridized carbons (Fsp3) is 0.551. The van der Waals surface area contributed by atoms with E-state index in [1.807, 2.05) is 6.07 Å². The van der Waals surface area contributed by atoms with Gasteiger partial charge in [-0.25, -0.2) is 4.39 Å². The van der Waals surface area contributed by atoms with Gasteiger partial charge in [0, 0.05) is 10.8 Å². The van der Waals surface area contributed by atoms with Gasteiger partial charge in [-0.1, -0.05) is 157 Å². The average Bonchev–Trinajstić information content (AvgIpc) is 3.63. The van der Waals surface area contributed by atoms with Crippen molar-refractivity contribution in [1.29, 1.82) is 0 Å². The predicted molar refractivity (Wildman–Crippen MR) is 317 cm³/mol. The largest absolute Gasteiger partial charge is 0.495 e. The first kappa shape index (κ1) is 60.1. The normalized spacial score (nSPS) is 17.9. The number of halogens is 1. The Bertz CT molecular complexity index is 2790. The number of aryl methyl sites for hydroxylation is 6. The highest BCUT2D eigenvalue weighted by Gasteiger charge is 2.52. The van der Waals surface area contributed by atoms with Gasteiger partial charge in [0.25, 0.3) is 0 Å². The fourth-order valence-electron chi connectivity index (χ4n) is 13.2. The fourth-order valence-corrected chi connectivity index (χ4v) is 13.2. The van der Waals surface area contributed by atoms with Crippen molar-refractivity contribution in [2.45, 2.75) is 238 Å². The average molecular weight is 1050 g/mol. The molecule has 6 nitrogen and oxygen atoms in total. The molecule has 0 radical (unpaired) electrons. The maximum atomic E-state index is 14.8. The van der Waals surface area contributed by atoms with Crippen molar-refractivity contribution in [3.05, 3.63) is 158 Å². The molecule has 416 valence electrons. The zero-order chi connectivity index (χ0) is 56.0. The Balaban J connectivity index is 0.000000224. The summed E-state index contributed by atoms with van der Waals surface area (Å²) in [6.07, 6.45) is 18.4. The zero-order valence-electron chi connectivity index (χ0n) is 49.6. The lowest BCUT2D eigenvalue weighted by atomic mass is 9.67. The lowest BCUT2D eigenvalue weighted by Gasteiger charge is -2.35. The maximum Gasteiger partial charge on any atom is 0.495 e. The minimum Gasteiger partial charge on any atom is -0.469 e. The second-order valence-corrected chi connectivity index (χ2v) is 24.7. The molecule has 3 aliphatic rings. The number of hydrogen-bond donors (Lipinski definition) is 2. The first-order valence-corrected chi connectivity index (χ1v) is 29.6. The Morgan fingerprint density at radius 2 is 0.961 bits per heavy atom. The quantitative estimate of drug-likeness (QED) is 0.0672. The van der Waals surface area contributed by atoms with Crippen molar-refractivity contribution < 1.29 is 33.4 Å². The Hall–Kier alpha value is -4.60. The van der Waals surface area contributed by atoms with Gasteiger partial charge in [0.15, 0.2) is 0 Å². The summed E-state index contributed by atoms with van der Waals surface area (Å²) < 4.78 is 32.2. The van der Waals surface area contributed by atoms with Gasteiger partial charge >= 0.3 is 13.1 Å². The Labute approximate surface area is 464 Å². The van der Waals surface area contributed by atoms with Crippen LogP contribution in [-0.4, -0.2) is 52.8 Å². The van der Waals surface area contributed by atoms with Crippen LogP contribution in [0.25, 0.3) is 11.1 Å². The molecule has 77 heavy (non-hydrogen) atoms. The minimum absolute atomic E-state index is 0.0376. The summed E-state index contributed by atoms with van der Waals surface area (Å²) in [4.78, 5) is 11.6. The summed E-state index contributed by atoms with van der Waals surface area (Å²) >= 11 is 0. The van der Waals surface area contributed by atoms with Crippen LogP contribution < -0.4 is 5.46 Å². The molecule has 3 fully saturated rings. The molecule has 5 aromatic rings. The summed E-state index contributed by atoms with van der Waals surface area (Å²) in [6, 6.07) is 32.5. The molecule has 1 heterocycles. The monoisotopic (exact) mass is 1050 g/mol. The van der Waals surface area contributed by atoms with Gasteiger partial charge in [0.2, 0.25) is 0 Å². The highest BCUT2D eigenvalue weighted by atomic mass is 19.1. The van der Waals surface area contributed by atoms with E-state index in [1.54, 1.807) is 6.07 Å². The van der Waals surface area contributed by atoms with E-state index in [0.29, 0.717) is 5.56 Å². The first-order chi connectivity index (χ1) is 36.5. The van der Waals surface area contributed by atoms with E-state index in [0.717, 1.165) is 125 Å². The predicted octanol–water partition coefficient (Wildman–Crippen LogP) is 15.9. The topological polar surface area (TPSA) is 85.2 Å². The van der Waals surface area contributed by atoms with Gasteiger partial charge in [0.05, 0.1) is 35.9 Å². The molecule has 2 N–H and O–H groups in total. The van der Waals surface area contributed by atoms with Crippen molar-refractivity contribution in [3.63, 3.8) is 0 Å². The van der Waals surface area contributed by atoms with Crippen LogP contribution in [0.2, 0.25) is 0 Å². The Morgan fingerprint density at radius 3 is 1.35 bits per heavy atom. The Kier molecular flexibility index (Phi) is 19.4. The number of benzene rings is 5. The Morgan fingerprint density at radius 1 is 0.558 bits per heavy atom. The molecule has 0 aromatic heterocycles. The van der Waals surface area contributed by atoms with E-state index in [1.165, 1.54) is 76.1 Å². The number of carbonyl (C=O) groups excluding carboxylic acids is 1.